The fourth-order valence-electron chi connectivity index (χ4n) is 4.38. The number of fused-ring (bicyclic) bond motifs is 2. The van der Waals surface area contributed by atoms with E-state index in [4.69, 9.17) is 19.0 Å². The molecule has 0 radical (unpaired) electrons. The van der Waals surface area contributed by atoms with Crippen molar-refractivity contribution in [1.82, 2.24) is 4.98 Å². The zero-order valence-electron chi connectivity index (χ0n) is 19.1. The Bertz CT molecular complexity index is 1050. The lowest BCUT2D eigenvalue weighted by Crippen LogP contribution is -2.41. The lowest BCUT2D eigenvalue weighted by molar-refractivity contribution is 0.00578. The van der Waals surface area contributed by atoms with Gasteiger partial charge in [-0.25, -0.2) is 4.98 Å². The van der Waals surface area contributed by atoms with Crippen LogP contribution in [0.2, 0.25) is 0 Å². The van der Waals surface area contributed by atoms with Gasteiger partial charge in [0.1, 0.15) is 12.4 Å². The maximum Gasteiger partial charge on any atom is 0.494 e. The van der Waals surface area contributed by atoms with Crippen molar-refractivity contribution in [2.24, 2.45) is 5.41 Å². The van der Waals surface area contributed by atoms with Crippen LogP contribution in [-0.4, -0.2) is 42.2 Å². The number of thiazole rings is 1. The van der Waals surface area contributed by atoms with Crippen LogP contribution in [0.25, 0.3) is 0 Å². The van der Waals surface area contributed by atoms with E-state index in [1.54, 1.807) is 0 Å². The van der Waals surface area contributed by atoms with Crippen LogP contribution >= 0.6 is 11.3 Å². The summed E-state index contributed by atoms with van der Waals surface area (Å²) in [7, 11) is -0.439. The molecule has 5 rings (SSSR count). The number of benzene rings is 1. The summed E-state index contributed by atoms with van der Waals surface area (Å²) < 4.78 is 18.4. The van der Waals surface area contributed by atoms with Gasteiger partial charge in [0, 0.05) is 6.42 Å². The number of Topliss-reactive ketones (excluding diaryl/α,β-unsaturated/α-hetero) is 1. The Morgan fingerprint density at radius 3 is 2.48 bits per heavy atom. The Kier molecular flexibility index (Phi) is 4.60. The van der Waals surface area contributed by atoms with Crippen molar-refractivity contribution in [3.63, 3.8) is 0 Å². The summed E-state index contributed by atoms with van der Waals surface area (Å²) in [5.74, 6) is 1.01. The van der Waals surface area contributed by atoms with Crippen molar-refractivity contribution in [2.75, 3.05) is 18.1 Å². The van der Waals surface area contributed by atoms with Crippen LogP contribution in [0.3, 0.4) is 0 Å². The van der Waals surface area contributed by atoms with Crippen LogP contribution in [0.5, 0.6) is 5.75 Å². The molecule has 31 heavy (non-hydrogen) atoms. The predicted octanol–water partition coefficient (Wildman–Crippen LogP) is 4.13. The third kappa shape index (κ3) is 3.49. The van der Waals surface area contributed by atoms with E-state index in [1.807, 2.05) is 12.1 Å². The molecule has 0 N–H and O–H groups in total. The molecule has 0 atom stereocenters. The molecule has 2 aliphatic heterocycles. The number of hydrogen-bond acceptors (Lipinski definition) is 7. The summed E-state index contributed by atoms with van der Waals surface area (Å²) in [6, 6.07) is 6.05. The van der Waals surface area contributed by atoms with E-state index in [9.17, 15) is 4.79 Å². The number of carbonyl (C=O) groups is 1. The summed E-state index contributed by atoms with van der Waals surface area (Å²) >= 11 is 1.50. The van der Waals surface area contributed by atoms with Gasteiger partial charge < -0.3 is 18.9 Å². The molecule has 0 unspecified atom stereocenters. The maximum absolute atomic E-state index is 12.7. The van der Waals surface area contributed by atoms with Gasteiger partial charge in [-0.15, -0.1) is 0 Å². The molecule has 0 saturated carbocycles. The molecule has 3 aliphatic rings. The van der Waals surface area contributed by atoms with Gasteiger partial charge in [-0.2, -0.15) is 0 Å². The van der Waals surface area contributed by atoms with E-state index in [-0.39, 0.29) is 11.2 Å². The largest absolute Gasteiger partial charge is 0.494 e. The molecule has 3 heterocycles. The molecule has 1 aliphatic carbocycles. The zero-order chi connectivity index (χ0) is 22.2. The second-order valence-electron chi connectivity index (χ2n) is 10.5. The monoisotopic (exact) mass is 440 g/mol. The lowest BCUT2D eigenvalue weighted by Gasteiger charge is -2.32. The van der Waals surface area contributed by atoms with Crippen molar-refractivity contribution < 1.29 is 18.8 Å². The SMILES string of the molecule is CC1(C)CC(=O)c2sc(N3CCOc4ccc(B5OC(C)(C)C(C)(C)O5)cc43)nc2C1. The second kappa shape index (κ2) is 6.80. The van der Waals surface area contributed by atoms with Gasteiger partial charge in [0.05, 0.1) is 34.0 Å². The molecule has 1 saturated heterocycles. The minimum Gasteiger partial charge on any atom is -0.490 e. The predicted molar refractivity (Wildman–Crippen MR) is 123 cm³/mol. The molecule has 6 nitrogen and oxygen atoms in total. The second-order valence-corrected chi connectivity index (χ2v) is 11.5. The molecule has 0 amide bonds. The van der Waals surface area contributed by atoms with Crippen LogP contribution < -0.4 is 15.1 Å². The molecular weight excluding hydrogens is 411 g/mol. The fraction of sp³-hybridized carbons (Fsp3) is 0.565. The molecule has 1 fully saturated rings. The highest BCUT2D eigenvalue weighted by Crippen LogP contribution is 2.43. The Balaban J connectivity index is 1.50. The van der Waals surface area contributed by atoms with Gasteiger partial charge in [0.2, 0.25) is 0 Å². The van der Waals surface area contributed by atoms with Crippen molar-refractivity contribution in [3.8, 4) is 5.75 Å². The first kappa shape index (κ1) is 21.0. The molecule has 1 aromatic carbocycles. The normalized spacial score (nSPS) is 23.4. The number of rotatable bonds is 2. The molecular formula is C23H29BN2O4S. The quantitative estimate of drug-likeness (QED) is 0.655. The van der Waals surface area contributed by atoms with E-state index < -0.39 is 18.3 Å². The zero-order valence-corrected chi connectivity index (χ0v) is 19.9. The highest BCUT2D eigenvalue weighted by molar-refractivity contribution is 7.17. The van der Waals surface area contributed by atoms with Crippen LogP contribution in [0, 0.1) is 5.41 Å². The number of hydrogen-bond donors (Lipinski definition) is 0. The van der Waals surface area contributed by atoms with Crippen LogP contribution in [0.4, 0.5) is 10.8 Å². The van der Waals surface area contributed by atoms with E-state index >= 15 is 0 Å². The van der Waals surface area contributed by atoms with Gasteiger partial charge >= 0.3 is 7.12 Å². The van der Waals surface area contributed by atoms with E-state index in [1.165, 1.54) is 11.3 Å². The van der Waals surface area contributed by atoms with Crippen LogP contribution in [0.15, 0.2) is 18.2 Å². The number of carbonyl (C=O) groups excluding carboxylic acids is 1. The van der Waals surface area contributed by atoms with E-state index in [0.29, 0.717) is 19.6 Å². The van der Waals surface area contributed by atoms with Gasteiger partial charge in [0.15, 0.2) is 10.9 Å². The third-order valence-electron chi connectivity index (χ3n) is 6.83. The summed E-state index contributed by atoms with van der Waals surface area (Å²) in [6.45, 7) is 13.7. The maximum atomic E-state index is 12.7. The summed E-state index contributed by atoms with van der Waals surface area (Å²) in [6.07, 6.45) is 1.41. The van der Waals surface area contributed by atoms with Crippen molar-refractivity contribution in [3.05, 3.63) is 28.8 Å². The van der Waals surface area contributed by atoms with Gasteiger partial charge in [-0.05, 0) is 57.1 Å². The van der Waals surface area contributed by atoms with Gasteiger partial charge in [-0.1, -0.05) is 31.3 Å². The van der Waals surface area contributed by atoms with Crippen LogP contribution in [0.1, 0.15) is 63.3 Å². The number of anilines is 2. The summed E-state index contributed by atoms with van der Waals surface area (Å²) in [5.41, 5.74) is 1.98. The van der Waals surface area contributed by atoms with Gasteiger partial charge in [-0.3, -0.25) is 4.79 Å². The minimum atomic E-state index is -0.439. The number of ketones is 1. The lowest BCUT2D eigenvalue weighted by atomic mass is 9.78. The average Bonchev–Trinajstić information content (AvgIpc) is 3.17. The highest BCUT2D eigenvalue weighted by Gasteiger charge is 2.52. The number of nitrogens with zero attached hydrogens (tertiary/aromatic N) is 2. The van der Waals surface area contributed by atoms with Crippen molar-refractivity contribution >= 4 is 40.5 Å². The fourth-order valence-corrected chi connectivity index (χ4v) is 5.44. The summed E-state index contributed by atoms with van der Waals surface area (Å²) in [5, 5.41) is 0.853. The van der Waals surface area contributed by atoms with Crippen molar-refractivity contribution in [2.45, 2.75) is 65.6 Å². The smallest absolute Gasteiger partial charge is 0.490 e. The standard InChI is InChI=1S/C23H29BN2O4S/c1-21(2)12-15-19(17(27)13-21)31-20(25-15)26-9-10-28-18-8-7-14(11-16(18)26)24-29-22(3,4)23(5,6)30-24/h7-8,11H,9-10,12-13H2,1-6H3. The van der Waals surface area contributed by atoms with E-state index in [2.05, 4.69) is 52.5 Å². The number of aromatic nitrogens is 1. The van der Waals surface area contributed by atoms with Crippen molar-refractivity contribution in [1.29, 1.82) is 0 Å². The summed E-state index contributed by atoms with van der Waals surface area (Å²) in [4.78, 5) is 20.6. The molecule has 8 heteroatoms. The Morgan fingerprint density at radius 2 is 1.77 bits per heavy atom. The Morgan fingerprint density at radius 1 is 1.06 bits per heavy atom. The Hall–Kier alpha value is -1.90. The first-order valence-electron chi connectivity index (χ1n) is 10.9. The first-order valence-corrected chi connectivity index (χ1v) is 11.7. The highest BCUT2D eigenvalue weighted by atomic mass is 32.1. The van der Waals surface area contributed by atoms with Crippen LogP contribution in [-0.2, 0) is 15.7 Å². The first-order chi connectivity index (χ1) is 14.5. The number of ether oxygens (including phenoxy) is 1. The molecule has 0 spiro atoms. The minimum absolute atomic E-state index is 0.0394. The molecule has 1 aromatic heterocycles. The topological polar surface area (TPSA) is 60.9 Å². The third-order valence-corrected chi connectivity index (χ3v) is 7.99. The Labute approximate surface area is 188 Å². The molecule has 0 bridgehead atoms. The molecule has 2 aromatic rings. The average molecular weight is 440 g/mol. The van der Waals surface area contributed by atoms with E-state index in [0.717, 1.165) is 39.0 Å². The molecule has 164 valence electrons. The van der Waals surface area contributed by atoms with Gasteiger partial charge in [0.25, 0.3) is 0 Å².